The number of carbonyl (C=O) groups is 1. The highest BCUT2D eigenvalue weighted by atomic mass is 32.2. The Bertz CT molecular complexity index is 790. The molecule has 152 valence electrons. The third-order valence-corrected chi connectivity index (χ3v) is 5.59. The molecule has 1 saturated heterocycles. The number of halogens is 1. The summed E-state index contributed by atoms with van der Waals surface area (Å²) in [5.74, 6) is 0.492. The largest absolute Gasteiger partial charge is 0.378 e. The van der Waals surface area contributed by atoms with Crippen LogP contribution in [0.25, 0.3) is 5.69 Å². The van der Waals surface area contributed by atoms with Crippen molar-refractivity contribution in [2.75, 3.05) is 37.0 Å². The van der Waals surface area contributed by atoms with Crippen molar-refractivity contribution in [3.05, 3.63) is 30.1 Å². The standard InChI is InChI=1S/C19H26FN5O2S/c1-3-15(4-2)21-17(26)13-28-19-23-22-18(24-8-10-27-11-9-24)25(19)16-7-5-6-14(20)12-16/h5-7,12,15H,3-4,8-11,13H2,1-2H3,(H,21,26). The van der Waals surface area contributed by atoms with Gasteiger partial charge in [0.1, 0.15) is 5.82 Å². The average Bonchev–Trinajstić information content (AvgIpc) is 3.15. The monoisotopic (exact) mass is 407 g/mol. The van der Waals surface area contributed by atoms with E-state index >= 15 is 0 Å². The Kier molecular flexibility index (Phi) is 7.27. The highest BCUT2D eigenvalue weighted by Gasteiger charge is 2.22. The number of nitrogens with one attached hydrogen (secondary N) is 1. The van der Waals surface area contributed by atoms with Crippen molar-refractivity contribution in [3.8, 4) is 5.69 Å². The second-order valence-electron chi connectivity index (χ2n) is 6.57. The fourth-order valence-electron chi connectivity index (χ4n) is 3.06. The maximum atomic E-state index is 13.8. The molecular formula is C19H26FN5O2S. The zero-order chi connectivity index (χ0) is 19.9. The molecule has 0 atom stereocenters. The van der Waals surface area contributed by atoms with Crippen molar-refractivity contribution in [3.63, 3.8) is 0 Å². The summed E-state index contributed by atoms with van der Waals surface area (Å²) >= 11 is 1.30. The van der Waals surface area contributed by atoms with Crippen LogP contribution in [0, 0.1) is 5.82 Å². The molecule has 2 aromatic rings. The summed E-state index contributed by atoms with van der Waals surface area (Å²) < 4.78 is 21.1. The fourth-order valence-corrected chi connectivity index (χ4v) is 3.82. The highest BCUT2D eigenvalue weighted by molar-refractivity contribution is 7.99. The number of hydrogen-bond acceptors (Lipinski definition) is 6. The summed E-state index contributed by atoms with van der Waals surface area (Å²) in [6.45, 7) is 6.70. The number of hydrogen-bond donors (Lipinski definition) is 1. The number of amides is 1. The zero-order valence-electron chi connectivity index (χ0n) is 16.2. The smallest absolute Gasteiger partial charge is 0.232 e. The maximum Gasteiger partial charge on any atom is 0.232 e. The Labute approximate surface area is 168 Å². The Morgan fingerprint density at radius 1 is 1.29 bits per heavy atom. The minimum atomic E-state index is -0.332. The van der Waals surface area contributed by atoms with Crippen LogP contribution >= 0.6 is 11.8 Å². The number of anilines is 1. The van der Waals surface area contributed by atoms with Gasteiger partial charge in [0.05, 0.1) is 24.7 Å². The van der Waals surface area contributed by atoms with Crippen LogP contribution in [0.4, 0.5) is 10.3 Å². The lowest BCUT2D eigenvalue weighted by Gasteiger charge is -2.27. The summed E-state index contributed by atoms with van der Waals surface area (Å²) in [4.78, 5) is 14.3. The zero-order valence-corrected chi connectivity index (χ0v) is 17.0. The third-order valence-electron chi connectivity index (χ3n) is 4.66. The second-order valence-corrected chi connectivity index (χ2v) is 7.51. The van der Waals surface area contributed by atoms with Crippen LogP contribution in [0.3, 0.4) is 0 Å². The highest BCUT2D eigenvalue weighted by Crippen LogP contribution is 2.27. The van der Waals surface area contributed by atoms with Gasteiger partial charge in [-0.05, 0) is 31.0 Å². The first-order chi connectivity index (χ1) is 13.6. The number of ether oxygens (including phenoxy) is 1. The maximum absolute atomic E-state index is 13.8. The molecule has 0 bridgehead atoms. The van der Waals surface area contributed by atoms with Gasteiger partial charge in [-0.3, -0.25) is 9.36 Å². The molecule has 0 aliphatic carbocycles. The van der Waals surface area contributed by atoms with E-state index in [1.807, 2.05) is 10.6 Å². The molecule has 1 aromatic heterocycles. The van der Waals surface area contributed by atoms with Crippen LogP contribution in [0.2, 0.25) is 0 Å². The number of nitrogens with zero attached hydrogens (tertiary/aromatic N) is 4. The quantitative estimate of drug-likeness (QED) is 0.679. The number of thioether (sulfide) groups is 1. The molecule has 9 heteroatoms. The molecule has 1 aliphatic heterocycles. The SMILES string of the molecule is CCC(CC)NC(=O)CSc1nnc(N2CCOCC2)n1-c1cccc(F)c1. The van der Waals surface area contributed by atoms with E-state index in [0.717, 1.165) is 12.8 Å². The Hall–Kier alpha value is -2.13. The molecule has 3 rings (SSSR count). The van der Waals surface area contributed by atoms with Crippen molar-refractivity contribution < 1.29 is 13.9 Å². The number of rotatable bonds is 8. The number of morpholine rings is 1. The van der Waals surface area contributed by atoms with Gasteiger partial charge in [0.2, 0.25) is 11.9 Å². The van der Waals surface area contributed by atoms with Crippen molar-refractivity contribution in [1.29, 1.82) is 0 Å². The van der Waals surface area contributed by atoms with Crippen LogP contribution in [-0.2, 0) is 9.53 Å². The number of aromatic nitrogens is 3. The lowest BCUT2D eigenvalue weighted by molar-refractivity contribution is -0.119. The lowest BCUT2D eigenvalue weighted by atomic mass is 10.2. The topological polar surface area (TPSA) is 72.3 Å². The van der Waals surface area contributed by atoms with Crippen molar-refractivity contribution >= 4 is 23.6 Å². The van der Waals surface area contributed by atoms with Gasteiger partial charge in [-0.2, -0.15) is 0 Å². The Balaban J connectivity index is 1.82. The van der Waals surface area contributed by atoms with Crippen LogP contribution in [0.15, 0.2) is 29.4 Å². The molecule has 1 fully saturated rings. The third kappa shape index (κ3) is 5.02. The van der Waals surface area contributed by atoms with Gasteiger partial charge < -0.3 is 15.0 Å². The summed E-state index contributed by atoms with van der Waals surface area (Å²) in [6.07, 6.45) is 1.79. The summed E-state index contributed by atoms with van der Waals surface area (Å²) in [5, 5.41) is 12.2. The molecule has 0 saturated carbocycles. The minimum absolute atomic E-state index is 0.0413. The van der Waals surface area contributed by atoms with Crippen molar-refractivity contribution in [2.45, 2.75) is 37.9 Å². The normalized spacial score (nSPS) is 14.5. The summed E-state index contributed by atoms with van der Waals surface area (Å²) in [6, 6.07) is 6.49. The van der Waals surface area contributed by atoms with Gasteiger partial charge in [-0.15, -0.1) is 10.2 Å². The van der Waals surface area contributed by atoms with E-state index in [4.69, 9.17) is 4.74 Å². The van der Waals surface area contributed by atoms with Crippen molar-refractivity contribution in [2.24, 2.45) is 0 Å². The molecule has 1 aliphatic rings. The minimum Gasteiger partial charge on any atom is -0.378 e. The number of carbonyl (C=O) groups excluding carboxylic acids is 1. The van der Waals surface area contributed by atoms with Crippen LogP contribution in [0.1, 0.15) is 26.7 Å². The number of benzene rings is 1. The molecule has 28 heavy (non-hydrogen) atoms. The Morgan fingerprint density at radius 3 is 2.71 bits per heavy atom. The van der Waals surface area contributed by atoms with E-state index < -0.39 is 0 Å². The van der Waals surface area contributed by atoms with Gasteiger partial charge >= 0.3 is 0 Å². The van der Waals surface area contributed by atoms with Crippen LogP contribution in [0.5, 0.6) is 0 Å². The molecular weight excluding hydrogens is 381 g/mol. The first kappa shape index (κ1) is 20.6. The molecule has 1 N–H and O–H groups in total. The Morgan fingerprint density at radius 2 is 2.04 bits per heavy atom. The van der Waals surface area contributed by atoms with E-state index in [1.54, 1.807) is 6.07 Å². The van der Waals surface area contributed by atoms with E-state index in [0.29, 0.717) is 43.1 Å². The predicted molar refractivity (Wildman–Crippen MR) is 108 cm³/mol. The predicted octanol–water partition coefficient (Wildman–Crippen LogP) is 2.64. The van der Waals surface area contributed by atoms with Crippen molar-refractivity contribution in [1.82, 2.24) is 20.1 Å². The molecule has 0 unspecified atom stereocenters. The van der Waals surface area contributed by atoms with Gasteiger partial charge in [0.15, 0.2) is 5.16 Å². The van der Waals surface area contributed by atoms with E-state index in [1.165, 1.54) is 23.9 Å². The van der Waals surface area contributed by atoms with E-state index in [-0.39, 0.29) is 23.5 Å². The van der Waals surface area contributed by atoms with Crippen LogP contribution < -0.4 is 10.2 Å². The van der Waals surface area contributed by atoms with Gasteiger partial charge in [0.25, 0.3) is 0 Å². The molecule has 7 nitrogen and oxygen atoms in total. The fraction of sp³-hybridized carbons (Fsp3) is 0.526. The summed E-state index contributed by atoms with van der Waals surface area (Å²) in [5.41, 5.74) is 0.634. The van der Waals surface area contributed by atoms with Gasteiger partial charge in [-0.1, -0.05) is 31.7 Å². The average molecular weight is 408 g/mol. The van der Waals surface area contributed by atoms with Crippen LogP contribution in [-0.4, -0.2) is 58.8 Å². The summed E-state index contributed by atoms with van der Waals surface area (Å²) in [7, 11) is 0. The molecule has 1 aromatic carbocycles. The first-order valence-electron chi connectivity index (χ1n) is 9.58. The second kappa shape index (κ2) is 9.88. The van der Waals surface area contributed by atoms with Gasteiger partial charge in [0, 0.05) is 19.1 Å². The molecule has 1 amide bonds. The van der Waals surface area contributed by atoms with Gasteiger partial charge in [-0.25, -0.2) is 4.39 Å². The van der Waals surface area contributed by atoms with E-state index in [9.17, 15) is 9.18 Å². The molecule has 2 heterocycles. The van der Waals surface area contributed by atoms with E-state index in [2.05, 4.69) is 34.3 Å². The lowest BCUT2D eigenvalue weighted by Crippen LogP contribution is -2.38. The first-order valence-corrected chi connectivity index (χ1v) is 10.6. The molecule has 0 radical (unpaired) electrons. The molecule has 0 spiro atoms.